The fourth-order valence-electron chi connectivity index (χ4n) is 2.58. The predicted molar refractivity (Wildman–Crippen MR) is 103 cm³/mol. The van der Waals surface area contributed by atoms with Gasteiger partial charge in [0.25, 0.3) is 0 Å². The van der Waals surface area contributed by atoms with Crippen LogP contribution in [0.4, 0.5) is 4.39 Å². The van der Waals surface area contributed by atoms with Crippen LogP contribution in [0, 0.1) is 5.82 Å². The lowest BCUT2D eigenvalue weighted by atomic mass is 10.1. The monoisotopic (exact) mass is 378 g/mol. The van der Waals surface area contributed by atoms with Crippen molar-refractivity contribution in [2.75, 3.05) is 19.6 Å². The Morgan fingerprint density at radius 2 is 1.58 bits per heavy atom. The van der Waals surface area contributed by atoms with E-state index in [1.54, 1.807) is 4.90 Å². The molecule has 2 aromatic rings. The first-order valence-electron chi connectivity index (χ1n) is 8.40. The van der Waals surface area contributed by atoms with Gasteiger partial charge in [-0.05, 0) is 36.2 Å². The first kappa shape index (κ1) is 21.8. The Morgan fingerprint density at radius 1 is 0.923 bits per heavy atom. The molecule has 0 spiro atoms. The van der Waals surface area contributed by atoms with E-state index in [0.717, 1.165) is 12.0 Å². The SMILES string of the molecule is Cl.NCCN(CCc1ccccc1)C(=O)CCC(=O)c1ccc(F)cc1. The zero-order valence-electron chi connectivity index (χ0n) is 14.6. The summed E-state index contributed by atoms with van der Waals surface area (Å²) in [5, 5.41) is 0. The smallest absolute Gasteiger partial charge is 0.223 e. The molecular weight excluding hydrogens is 355 g/mol. The van der Waals surface area contributed by atoms with E-state index in [2.05, 4.69) is 0 Å². The quantitative estimate of drug-likeness (QED) is 0.681. The summed E-state index contributed by atoms with van der Waals surface area (Å²) in [4.78, 5) is 26.2. The summed E-state index contributed by atoms with van der Waals surface area (Å²) in [5.41, 5.74) is 7.17. The third-order valence-electron chi connectivity index (χ3n) is 4.00. The molecule has 0 aromatic heterocycles. The molecule has 0 heterocycles. The van der Waals surface area contributed by atoms with Crippen molar-refractivity contribution in [3.05, 3.63) is 71.5 Å². The minimum absolute atomic E-state index is 0. The van der Waals surface area contributed by atoms with Crippen LogP contribution in [-0.4, -0.2) is 36.2 Å². The number of amides is 1. The van der Waals surface area contributed by atoms with Crippen LogP contribution >= 0.6 is 12.4 Å². The average Bonchev–Trinajstić information content (AvgIpc) is 2.64. The normalized spacial score (nSPS) is 10.1. The fraction of sp³-hybridized carbons (Fsp3) is 0.300. The number of hydrogen-bond donors (Lipinski definition) is 1. The molecule has 0 atom stereocenters. The van der Waals surface area contributed by atoms with Gasteiger partial charge in [0, 0.05) is 38.0 Å². The van der Waals surface area contributed by atoms with E-state index in [1.807, 2.05) is 30.3 Å². The van der Waals surface area contributed by atoms with Crippen molar-refractivity contribution >= 4 is 24.1 Å². The zero-order valence-corrected chi connectivity index (χ0v) is 15.4. The van der Waals surface area contributed by atoms with Crippen molar-refractivity contribution in [3.8, 4) is 0 Å². The third kappa shape index (κ3) is 6.94. The van der Waals surface area contributed by atoms with Crippen molar-refractivity contribution in [1.29, 1.82) is 0 Å². The van der Waals surface area contributed by atoms with Crippen LogP contribution in [0.3, 0.4) is 0 Å². The van der Waals surface area contributed by atoms with Gasteiger partial charge in [0.05, 0.1) is 0 Å². The van der Waals surface area contributed by atoms with E-state index in [9.17, 15) is 14.0 Å². The number of Topliss-reactive ketones (excluding diaryl/α,β-unsaturated/α-hetero) is 1. The Hall–Kier alpha value is -2.24. The number of ketones is 1. The fourth-order valence-corrected chi connectivity index (χ4v) is 2.58. The predicted octanol–water partition coefficient (Wildman–Crippen LogP) is 3.24. The van der Waals surface area contributed by atoms with E-state index in [0.29, 0.717) is 25.2 Å². The Kier molecular flexibility index (Phi) is 9.55. The summed E-state index contributed by atoms with van der Waals surface area (Å²) < 4.78 is 12.9. The summed E-state index contributed by atoms with van der Waals surface area (Å²) >= 11 is 0. The molecule has 6 heteroatoms. The van der Waals surface area contributed by atoms with E-state index < -0.39 is 0 Å². The molecule has 2 aromatic carbocycles. The lowest BCUT2D eigenvalue weighted by Crippen LogP contribution is -2.37. The van der Waals surface area contributed by atoms with Gasteiger partial charge in [-0.15, -0.1) is 12.4 Å². The van der Waals surface area contributed by atoms with Crippen molar-refractivity contribution < 1.29 is 14.0 Å². The van der Waals surface area contributed by atoms with Crippen LogP contribution in [-0.2, 0) is 11.2 Å². The lowest BCUT2D eigenvalue weighted by molar-refractivity contribution is -0.131. The van der Waals surface area contributed by atoms with Crippen LogP contribution in [0.5, 0.6) is 0 Å². The lowest BCUT2D eigenvalue weighted by Gasteiger charge is -2.22. The maximum Gasteiger partial charge on any atom is 0.223 e. The van der Waals surface area contributed by atoms with Crippen LogP contribution in [0.25, 0.3) is 0 Å². The molecule has 0 aliphatic carbocycles. The Morgan fingerprint density at radius 3 is 2.19 bits per heavy atom. The largest absolute Gasteiger partial charge is 0.341 e. The second-order valence-corrected chi connectivity index (χ2v) is 5.84. The molecule has 0 aliphatic heterocycles. The maximum atomic E-state index is 12.9. The second kappa shape index (κ2) is 11.4. The molecule has 140 valence electrons. The van der Waals surface area contributed by atoms with Gasteiger partial charge >= 0.3 is 0 Å². The van der Waals surface area contributed by atoms with Crippen molar-refractivity contribution in [2.45, 2.75) is 19.3 Å². The van der Waals surface area contributed by atoms with Gasteiger partial charge in [0.2, 0.25) is 5.91 Å². The van der Waals surface area contributed by atoms with E-state index in [-0.39, 0.29) is 42.8 Å². The molecule has 0 saturated heterocycles. The van der Waals surface area contributed by atoms with Gasteiger partial charge < -0.3 is 10.6 Å². The molecule has 4 nitrogen and oxygen atoms in total. The first-order chi connectivity index (χ1) is 12.1. The van der Waals surface area contributed by atoms with Crippen LogP contribution < -0.4 is 5.73 Å². The van der Waals surface area contributed by atoms with E-state index >= 15 is 0 Å². The molecule has 1 amide bonds. The first-order valence-corrected chi connectivity index (χ1v) is 8.40. The number of halogens is 2. The molecule has 0 bridgehead atoms. The van der Waals surface area contributed by atoms with Crippen molar-refractivity contribution in [2.24, 2.45) is 5.73 Å². The summed E-state index contributed by atoms with van der Waals surface area (Å²) in [7, 11) is 0. The molecule has 0 radical (unpaired) electrons. The topological polar surface area (TPSA) is 63.4 Å². The Bertz CT molecular complexity index is 693. The highest BCUT2D eigenvalue weighted by molar-refractivity contribution is 5.97. The highest BCUT2D eigenvalue weighted by Gasteiger charge is 2.15. The molecule has 0 fully saturated rings. The van der Waals surface area contributed by atoms with Crippen LogP contribution in [0.2, 0.25) is 0 Å². The molecular formula is C20H24ClFN2O2. The average molecular weight is 379 g/mol. The molecule has 2 N–H and O–H groups in total. The number of carbonyl (C=O) groups is 2. The van der Waals surface area contributed by atoms with Gasteiger partial charge in [-0.3, -0.25) is 9.59 Å². The number of hydrogen-bond acceptors (Lipinski definition) is 3. The van der Waals surface area contributed by atoms with Crippen molar-refractivity contribution in [3.63, 3.8) is 0 Å². The van der Waals surface area contributed by atoms with Gasteiger partial charge in [0.1, 0.15) is 5.82 Å². The van der Waals surface area contributed by atoms with Crippen LogP contribution in [0.1, 0.15) is 28.8 Å². The minimum atomic E-state index is -0.386. The second-order valence-electron chi connectivity index (χ2n) is 5.84. The van der Waals surface area contributed by atoms with Gasteiger partial charge in [-0.1, -0.05) is 30.3 Å². The molecule has 2 rings (SSSR count). The van der Waals surface area contributed by atoms with Crippen LogP contribution in [0.15, 0.2) is 54.6 Å². The number of rotatable bonds is 9. The highest BCUT2D eigenvalue weighted by atomic mass is 35.5. The van der Waals surface area contributed by atoms with Crippen molar-refractivity contribution in [1.82, 2.24) is 4.90 Å². The molecule has 0 saturated carbocycles. The summed E-state index contributed by atoms with van der Waals surface area (Å²) in [6.07, 6.45) is 0.986. The Balaban J connectivity index is 0.00000338. The summed E-state index contributed by atoms with van der Waals surface area (Å²) in [6, 6.07) is 15.3. The molecule has 0 unspecified atom stereocenters. The zero-order chi connectivity index (χ0) is 18.1. The highest BCUT2D eigenvalue weighted by Crippen LogP contribution is 2.09. The minimum Gasteiger partial charge on any atom is -0.341 e. The number of nitrogens with zero attached hydrogens (tertiary/aromatic N) is 1. The standard InChI is InChI=1S/C20H23FN2O2.ClH/c21-18-8-6-17(7-9-18)19(24)10-11-20(25)23(15-13-22)14-12-16-4-2-1-3-5-16;/h1-9H,10-15,22H2;1H. The third-order valence-corrected chi connectivity index (χ3v) is 4.00. The van der Waals surface area contributed by atoms with Gasteiger partial charge in [-0.2, -0.15) is 0 Å². The molecule has 26 heavy (non-hydrogen) atoms. The van der Waals surface area contributed by atoms with E-state index in [1.165, 1.54) is 24.3 Å². The van der Waals surface area contributed by atoms with E-state index in [4.69, 9.17) is 5.73 Å². The summed E-state index contributed by atoms with van der Waals surface area (Å²) in [5.74, 6) is -0.636. The number of carbonyl (C=O) groups excluding carboxylic acids is 2. The number of benzene rings is 2. The number of nitrogens with two attached hydrogens (primary N) is 1. The van der Waals surface area contributed by atoms with Gasteiger partial charge in [0.15, 0.2) is 5.78 Å². The Labute approximate surface area is 159 Å². The molecule has 0 aliphatic rings. The summed E-state index contributed by atoms with van der Waals surface area (Å²) in [6.45, 7) is 1.42. The maximum absolute atomic E-state index is 12.9. The van der Waals surface area contributed by atoms with Gasteiger partial charge in [-0.25, -0.2) is 4.39 Å².